The van der Waals surface area contributed by atoms with Crippen LogP contribution in [0.1, 0.15) is 13.3 Å². The van der Waals surface area contributed by atoms with Crippen LogP contribution in [-0.2, 0) is 33.4 Å². The molecule has 1 heterocycles. The van der Waals surface area contributed by atoms with Crippen LogP contribution in [0.2, 0.25) is 0 Å². The number of nitrogens with zero attached hydrogens (tertiary/aromatic N) is 1. The highest BCUT2D eigenvalue weighted by Crippen LogP contribution is 2.27. The second-order valence-electron chi connectivity index (χ2n) is 5.07. The minimum absolute atomic E-state index is 0.118. The van der Waals surface area contributed by atoms with Crippen molar-refractivity contribution in [2.75, 3.05) is 20.8 Å². The van der Waals surface area contributed by atoms with E-state index in [2.05, 4.69) is 10.1 Å². The van der Waals surface area contributed by atoms with Gasteiger partial charge in [0.25, 0.3) is 0 Å². The molecule has 0 aliphatic carbocycles. The number of aliphatic hydroxyl groups is 1. The molecule has 140 valence electrons. The molecular weight excluding hydrogens is 336 g/mol. The van der Waals surface area contributed by atoms with Crippen molar-refractivity contribution in [3.63, 3.8) is 0 Å². The summed E-state index contributed by atoms with van der Waals surface area (Å²) < 4.78 is 15.2. The normalized spacial score (nSPS) is 25.6. The Morgan fingerprint density at radius 1 is 1.36 bits per heavy atom. The van der Waals surface area contributed by atoms with E-state index >= 15 is 0 Å². The average Bonchev–Trinajstić information content (AvgIpc) is 2.91. The molecule has 0 aromatic rings. The molecule has 2 amide bonds. The summed E-state index contributed by atoms with van der Waals surface area (Å²) in [6, 6.07) is 0. The van der Waals surface area contributed by atoms with Crippen molar-refractivity contribution in [2.45, 2.75) is 37.9 Å². The molecule has 1 rings (SSSR count). The number of amides is 2. The number of methoxy groups -OCH3 is 1. The lowest BCUT2D eigenvalue weighted by Crippen LogP contribution is -2.42. The van der Waals surface area contributed by atoms with Crippen LogP contribution >= 0.6 is 0 Å². The van der Waals surface area contributed by atoms with Gasteiger partial charge in [-0.3, -0.25) is 24.1 Å². The van der Waals surface area contributed by atoms with Crippen molar-refractivity contribution >= 4 is 24.1 Å². The fourth-order valence-electron chi connectivity index (χ4n) is 2.28. The Kier molecular flexibility index (Phi) is 8.19. The molecule has 4 unspecified atom stereocenters. The third kappa shape index (κ3) is 5.34. The molecule has 0 bridgehead atoms. The molecule has 10 heteroatoms. The van der Waals surface area contributed by atoms with Crippen LogP contribution < -0.4 is 5.32 Å². The molecule has 0 radical (unpaired) electrons. The number of Topliss-reactive ketones (excluding diaryl/α,β-unsaturated/α-hetero) is 1. The predicted molar refractivity (Wildman–Crippen MR) is 82.8 cm³/mol. The topological polar surface area (TPSA) is 131 Å². The highest BCUT2D eigenvalue weighted by atomic mass is 16.6. The number of hydrogen-bond donors (Lipinski definition) is 2. The Labute approximate surface area is 144 Å². The van der Waals surface area contributed by atoms with Gasteiger partial charge < -0.3 is 24.6 Å². The van der Waals surface area contributed by atoms with Crippen molar-refractivity contribution in [2.24, 2.45) is 0 Å². The Morgan fingerprint density at radius 3 is 2.56 bits per heavy atom. The van der Waals surface area contributed by atoms with Crippen LogP contribution in [0.4, 0.5) is 0 Å². The first-order valence-corrected chi connectivity index (χ1v) is 7.56. The van der Waals surface area contributed by atoms with Gasteiger partial charge in [-0.05, 0) is 6.92 Å². The van der Waals surface area contributed by atoms with Gasteiger partial charge in [-0.2, -0.15) is 0 Å². The van der Waals surface area contributed by atoms with Crippen molar-refractivity contribution in [3.8, 4) is 0 Å². The largest absolute Gasteiger partial charge is 0.466 e. The van der Waals surface area contributed by atoms with Crippen molar-refractivity contribution in [1.29, 1.82) is 0 Å². The maximum absolute atomic E-state index is 12.1. The summed E-state index contributed by atoms with van der Waals surface area (Å²) >= 11 is 0. The van der Waals surface area contributed by atoms with Gasteiger partial charge in [0.1, 0.15) is 24.7 Å². The zero-order valence-electron chi connectivity index (χ0n) is 14.2. The molecule has 1 saturated heterocycles. The molecule has 10 nitrogen and oxygen atoms in total. The lowest BCUT2D eigenvalue weighted by Gasteiger charge is -2.25. The van der Waals surface area contributed by atoms with Crippen LogP contribution in [0.3, 0.4) is 0 Å². The number of carbonyl (C=O) groups is 4. The third-order valence-electron chi connectivity index (χ3n) is 3.49. The van der Waals surface area contributed by atoms with Gasteiger partial charge in [-0.25, -0.2) is 0 Å². The van der Waals surface area contributed by atoms with E-state index in [0.717, 1.165) is 17.2 Å². The molecule has 2 N–H and O–H groups in total. The molecular formula is C15H22N2O8. The number of carbonyl (C=O) groups excluding carboxylic acids is 4. The van der Waals surface area contributed by atoms with Gasteiger partial charge in [0, 0.05) is 26.4 Å². The van der Waals surface area contributed by atoms with Crippen molar-refractivity contribution in [1.82, 2.24) is 10.2 Å². The third-order valence-corrected chi connectivity index (χ3v) is 3.49. The van der Waals surface area contributed by atoms with Crippen molar-refractivity contribution < 1.29 is 38.5 Å². The fourth-order valence-corrected chi connectivity index (χ4v) is 2.28. The van der Waals surface area contributed by atoms with Crippen LogP contribution in [0.15, 0.2) is 12.3 Å². The van der Waals surface area contributed by atoms with Gasteiger partial charge in [0.15, 0.2) is 12.0 Å². The lowest BCUT2D eigenvalue weighted by atomic mass is 10.0. The Bertz CT molecular complexity index is 536. The zero-order chi connectivity index (χ0) is 19.0. The second-order valence-corrected chi connectivity index (χ2v) is 5.07. The van der Waals surface area contributed by atoms with E-state index in [1.165, 1.54) is 14.2 Å². The minimum atomic E-state index is -1.40. The van der Waals surface area contributed by atoms with Crippen molar-refractivity contribution in [3.05, 3.63) is 12.3 Å². The number of hydrogen-bond acceptors (Lipinski definition) is 8. The van der Waals surface area contributed by atoms with Gasteiger partial charge in [-0.15, -0.1) is 0 Å². The molecule has 0 aromatic carbocycles. The van der Waals surface area contributed by atoms with Gasteiger partial charge in [0.2, 0.25) is 12.3 Å². The molecule has 1 aliphatic rings. The van der Waals surface area contributed by atoms with Crippen LogP contribution in [0.25, 0.3) is 0 Å². The quantitative estimate of drug-likeness (QED) is 0.216. The van der Waals surface area contributed by atoms with E-state index in [9.17, 15) is 24.3 Å². The minimum Gasteiger partial charge on any atom is -0.466 e. The Hall–Kier alpha value is -2.30. The summed E-state index contributed by atoms with van der Waals surface area (Å²) in [6.45, 7) is 1.72. The summed E-state index contributed by atoms with van der Waals surface area (Å²) in [5.41, 5.74) is 0. The summed E-state index contributed by atoms with van der Waals surface area (Å²) in [6.07, 6.45) is -2.96. The van der Waals surface area contributed by atoms with Gasteiger partial charge >= 0.3 is 5.97 Å². The molecule has 1 aliphatic heterocycles. The maximum Gasteiger partial charge on any atom is 0.313 e. The van der Waals surface area contributed by atoms with E-state index < -0.39 is 48.6 Å². The Morgan fingerprint density at radius 2 is 2.04 bits per heavy atom. The highest BCUT2D eigenvalue weighted by molar-refractivity contribution is 5.98. The monoisotopic (exact) mass is 358 g/mol. The van der Waals surface area contributed by atoms with E-state index in [-0.39, 0.29) is 6.61 Å². The van der Waals surface area contributed by atoms with Gasteiger partial charge in [-0.1, -0.05) is 0 Å². The summed E-state index contributed by atoms with van der Waals surface area (Å²) in [5.74, 6) is -1.90. The molecule has 25 heavy (non-hydrogen) atoms. The second kappa shape index (κ2) is 9.87. The standard InChI is InChI=1S/C15H22N2O8/c1-4-24-11(21)7-9(19)13-12(22)14(23-3)15(25-13)17(8-18)6-5-10(20)16-2/h5-6,8,12-15,22H,4,7H2,1-3H3,(H,16,20)/b6-5-. The predicted octanol–water partition coefficient (Wildman–Crippen LogP) is -1.67. The fraction of sp³-hybridized carbons (Fsp3) is 0.600. The highest BCUT2D eigenvalue weighted by Gasteiger charge is 2.49. The number of nitrogens with one attached hydrogen (secondary N) is 1. The summed E-state index contributed by atoms with van der Waals surface area (Å²) in [7, 11) is 2.68. The lowest BCUT2D eigenvalue weighted by molar-refractivity contribution is -0.152. The van der Waals surface area contributed by atoms with Crippen LogP contribution in [-0.4, -0.2) is 79.4 Å². The van der Waals surface area contributed by atoms with Crippen LogP contribution in [0, 0.1) is 0 Å². The maximum atomic E-state index is 12.1. The first kappa shape index (κ1) is 20.7. The first-order chi connectivity index (χ1) is 11.9. The van der Waals surface area contributed by atoms with E-state index in [1.807, 2.05) is 0 Å². The molecule has 0 aromatic heterocycles. The SMILES string of the molecule is CCOC(=O)CC(=O)C1OC(N(C=O)/C=C\C(=O)NC)C(OC)C1O. The summed E-state index contributed by atoms with van der Waals surface area (Å²) in [5, 5.41) is 12.6. The number of rotatable bonds is 9. The molecule has 1 fully saturated rings. The number of likely N-dealkylation sites (N-methyl/N-ethyl adjacent to an activating group) is 1. The molecule has 0 spiro atoms. The van der Waals surface area contributed by atoms with E-state index in [0.29, 0.717) is 6.41 Å². The zero-order valence-corrected chi connectivity index (χ0v) is 14.2. The first-order valence-electron chi connectivity index (χ1n) is 7.56. The van der Waals surface area contributed by atoms with Gasteiger partial charge in [0.05, 0.1) is 6.61 Å². The number of esters is 1. The summed E-state index contributed by atoms with van der Waals surface area (Å²) in [4.78, 5) is 47.0. The van der Waals surface area contributed by atoms with E-state index in [1.54, 1.807) is 6.92 Å². The number of ketones is 1. The van der Waals surface area contributed by atoms with E-state index in [4.69, 9.17) is 9.47 Å². The average molecular weight is 358 g/mol. The number of ether oxygens (including phenoxy) is 3. The molecule has 4 atom stereocenters. The molecule has 0 saturated carbocycles. The smallest absolute Gasteiger partial charge is 0.313 e. The van der Waals surface area contributed by atoms with Crippen LogP contribution in [0.5, 0.6) is 0 Å². The Balaban J connectivity index is 2.89. The number of aliphatic hydroxyl groups excluding tert-OH is 1.